The first-order chi connectivity index (χ1) is 10.2. The van der Waals surface area contributed by atoms with Crippen molar-refractivity contribution >= 4 is 15.9 Å². The standard InChI is InChI=1S/C17H27BrN2O/c1-2-19-17(15-5-7-16(18)8-6-15)9-11-20-10-3-4-14(12-20)13-21/h5-8,14,17,19,21H,2-4,9-13H2,1H3. The molecule has 1 aliphatic heterocycles. The van der Waals surface area contributed by atoms with Gasteiger partial charge in [0.25, 0.3) is 0 Å². The molecule has 4 heteroatoms. The summed E-state index contributed by atoms with van der Waals surface area (Å²) in [6, 6.07) is 9.04. The first-order valence-electron chi connectivity index (χ1n) is 8.05. The Labute approximate surface area is 136 Å². The quantitative estimate of drug-likeness (QED) is 0.789. The molecular formula is C17H27BrN2O. The summed E-state index contributed by atoms with van der Waals surface area (Å²) in [7, 11) is 0. The molecule has 1 saturated heterocycles. The number of nitrogens with one attached hydrogen (secondary N) is 1. The molecule has 0 spiro atoms. The van der Waals surface area contributed by atoms with Crippen LogP contribution in [0.4, 0.5) is 0 Å². The van der Waals surface area contributed by atoms with Crippen LogP contribution in [0.15, 0.2) is 28.7 Å². The fourth-order valence-corrected chi connectivity index (χ4v) is 3.41. The summed E-state index contributed by atoms with van der Waals surface area (Å²) in [5.74, 6) is 0.476. The van der Waals surface area contributed by atoms with Gasteiger partial charge in [0, 0.05) is 23.7 Å². The second kappa shape index (κ2) is 8.89. The van der Waals surface area contributed by atoms with E-state index in [0.717, 1.165) is 30.5 Å². The Morgan fingerprint density at radius 2 is 2.14 bits per heavy atom. The zero-order valence-electron chi connectivity index (χ0n) is 12.9. The van der Waals surface area contributed by atoms with Gasteiger partial charge in [-0.2, -0.15) is 0 Å². The highest BCUT2D eigenvalue weighted by Crippen LogP contribution is 2.22. The highest BCUT2D eigenvalue weighted by Gasteiger charge is 2.20. The lowest BCUT2D eigenvalue weighted by Crippen LogP contribution is -2.38. The van der Waals surface area contributed by atoms with Gasteiger partial charge in [0.05, 0.1) is 0 Å². The van der Waals surface area contributed by atoms with Gasteiger partial charge in [0.2, 0.25) is 0 Å². The predicted octanol–water partition coefficient (Wildman–Crippen LogP) is 3.19. The van der Waals surface area contributed by atoms with Crippen LogP contribution in [0.5, 0.6) is 0 Å². The number of aliphatic hydroxyl groups excluding tert-OH is 1. The molecule has 2 unspecified atom stereocenters. The maximum absolute atomic E-state index is 9.33. The second-order valence-corrected chi connectivity index (χ2v) is 6.86. The number of halogens is 1. The highest BCUT2D eigenvalue weighted by atomic mass is 79.9. The molecule has 0 amide bonds. The van der Waals surface area contributed by atoms with Crippen LogP contribution in [0, 0.1) is 5.92 Å². The number of hydrogen-bond acceptors (Lipinski definition) is 3. The summed E-state index contributed by atoms with van der Waals surface area (Å²) in [4.78, 5) is 2.51. The van der Waals surface area contributed by atoms with E-state index in [2.05, 4.69) is 57.3 Å². The predicted molar refractivity (Wildman–Crippen MR) is 91.4 cm³/mol. The van der Waals surface area contributed by atoms with Crippen LogP contribution in [0.25, 0.3) is 0 Å². The molecule has 1 aromatic rings. The minimum absolute atomic E-state index is 0.333. The summed E-state index contributed by atoms with van der Waals surface area (Å²) in [5.41, 5.74) is 1.36. The summed E-state index contributed by atoms with van der Waals surface area (Å²) in [6.07, 6.45) is 3.51. The molecule has 1 aromatic carbocycles. The Hall–Kier alpha value is -0.420. The summed E-state index contributed by atoms with van der Waals surface area (Å²) < 4.78 is 1.13. The molecule has 21 heavy (non-hydrogen) atoms. The van der Waals surface area contributed by atoms with E-state index in [1.807, 2.05) is 0 Å². The van der Waals surface area contributed by atoms with Gasteiger partial charge in [-0.25, -0.2) is 0 Å². The zero-order chi connectivity index (χ0) is 15.1. The van der Waals surface area contributed by atoms with E-state index in [9.17, 15) is 5.11 Å². The van der Waals surface area contributed by atoms with Crippen molar-refractivity contribution in [3.63, 3.8) is 0 Å². The third-order valence-corrected chi connectivity index (χ3v) is 4.85. The van der Waals surface area contributed by atoms with E-state index in [-0.39, 0.29) is 0 Å². The molecule has 1 aliphatic rings. The van der Waals surface area contributed by atoms with Crippen molar-refractivity contribution in [3.05, 3.63) is 34.3 Å². The van der Waals surface area contributed by atoms with Gasteiger partial charge in [-0.1, -0.05) is 35.0 Å². The number of nitrogens with zero attached hydrogens (tertiary/aromatic N) is 1. The van der Waals surface area contributed by atoms with Crippen LogP contribution in [-0.2, 0) is 0 Å². The van der Waals surface area contributed by atoms with Crippen LogP contribution in [0.3, 0.4) is 0 Å². The smallest absolute Gasteiger partial charge is 0.0471 e. The van der Waals surface area contributed by atoms with Crippen molar-refractivity contribution in [3.8, 4) is 0 Å². The molecule has 0 saturated carbocycles. The Bertz CT molecular complexity index is 410. The molecule has 118 valence electrons. The largest absolute Gasteiger partial charge is 0.396 e. The molecule has 1 fully saturated rings. The fraction of sp³-hybridized carbons (Fsp3) is 0.647. The van der Waals surface area contributed by atoms with Gasteiger partial charge in [-0.05, 0) is 62.5 Å². The third-order valence-electron chi connectivity index (χ3n) is 4.32. The van der Waals surface area contributed by atoms with E-state index in [0.29, 0.717) is 18.6 Å². The molecule has 2 N–H and O–H groups in total. The normalized spacial score (nSPS) is 21.4. The fourth-order valence-electron chi connectivity index (χ4n) is 3.14. The molecule has 0 aliphatic carbocycles. The summed E-state index contributed by atoms with van der Waals surface area (Å²) >= 11 is 3.50. The maximum Gasteiger partial charge on any atom is 0.0471 e. The second-order valence-electron chi connectivity index (χ2n) is 5.94. The van der Waals surface area contributed by atoms with E-state index >= 15 is 0 Å². The van der Waals surface area contributed by atoms with Crippen LogP contribution in [-0.4, -0.2) is 42.8 Å². The Morgan fingerprint density at radius 1 is 1.38 bits per heavy atom. The number of hydrogen-bond donors (Lipinski definition) is 2. The average molecular weight is 355 g/mol. The van der Waals surface area contributed by atoms with E-state index in [4.69, 9.17) is 0 Å². The van der Waals surface area contributed by atoms with Crippen LogP contribution in [0.1, 0.15) is 37.8 Å². The van der Waals surface area contributed by atoms with Crippen LogP contribution >= 0.6 is 15.9 Å². The number of rotatable bonds is 7. The van der Waals surface area contributed by atoms with Gasteiger partial charge < -0.3 is 15.3 Å². The zero-order valence-corrected chi connectivity index (χ0v) is 14.5. The third kappa shape index (κ3) is 5.37. The molecule has 0 radical (unpaired) electrons. The van der Waals surface area contributed by atoms with Crippen molar-refractivity contribution in [1.82, 2.24) is 10.2 Å². The van der Waals surface area contributed by atoms with Crippen LogP contribution in [0.2, 0.25) is 0 Å². The molecule has 2 atom stereocenters. The van der Waals surface area contributed by atoms with Gasteiger partial charge in [-0.15, -0.1) is 0 Å². The lowest BCUT2D eigenvalue weighted by molar-refractivity contribution is 0.117. The Balaban J connectivity index is 1.89. The molecule has 0 aromatic heterocycles. The number of benzene rings is 1. The van der Waals surface area contributed by atoms with Crippen molar-refractivity contribution < 1.29 is 5.11 Å². The Kier molecular flexibility index (Phi) is 7.17. The Morgan fingerprint density at radius 3 is 2.81 bits per heavy atom. The molecule has 0 bridgehead atoms. The lowest BCUT2D eigenvalue weighted by atomic mass is 9.98. The molecule has 2 rings (SSSR count). The van der Waals surface area contributed by atoms with Crippen molar-refractivity contribution in [2.45, 2.75) is 32.2 Å². The first-order valence-corrected chi connectivity index (χ1v) is 8.84. The van der Waals surface area contributed by atoms with Gasteiger partial charge >= 0.3 is 0 Å². The number of aliphatic hydroxyl groups is 1. The molecular weight excluding hydrogens is 328 g/mol. The highest BCUT2D eigenvalue weighted by molar-refractivity contribution is 9.10. The van der Waals surface area contributed by atoms with E-state index in [1.165, 1.54) is 24.9 Å². The van der Waals surface area contributed by atoms with Crippen molar-refractivity contribution in [1.29, 1.82) is 0 Å². The minimum Gasteiger partial charge on any atom is -0.396 e. The first kappa shape index (κ1) is 16.9. The van der Waals surface area contributed by atoms with Crippen LogP contribution < -0.4 is 5.32 Å². The maximum atomic E-state index is 9.33. The number of piperidine rings is 1. The lowest BCUT2D eigenvalue weighted by Gasteiger charge is -2.33. The summed E-state index contributed by atoms with van der Waals surface area (Å²) in [6.45, 7) is 6.81. The molecule has 1 heterocycles. The average Bonchev–Trinajstić information content (AvgIpc) is 2.52. The van der Waals surface area contributed by atoms with Gasteiger partial charge in [0.15, 0.2) is 0 Å². The number of likely N-dealkylation sites (tertiary alicyclic amines) is 1. The topological polar surface area (TPSA) is 35.5 Å². The molecule has 3 nitrogen and oxygen atoms in total. The minimum atomic E-state index is 0.333. The summed E-state index contributed by atoms with van der Waals surface area (Å²) in [5, 5.41) is 12.9. The van der Waals surface area contributed by atoms with E-state index < -0.39 is 0 Å². The van der Waals surface area contributed by atoms with Crippen molar-refractivity contribution in [2.24, 2.45) is 5.92 Å². The van der Waals surface area contributed by atoms with Crippen molar-refractivity contribution in [2.75, 3.05) is 32.8 Å². The SMILES string of the molecule is CCNC(CCN1CCCC(CO)C1)c1ccc(Br)cc1. The van der Waals surface area contributed by atoms with Gasteiger partial charge in [-0.3, -0.25) is 0 Å². The monoisotopic (exact) mass is 354 g/mol. The van der Waals surface area contributed by atoms with Gasteiger partial charge in [0.1, 0.15) is 0 Å². The van der Waals surface area contributed by atoms with E-state index in [1.54, 1.807) is 0 Å².